The lowest BCUT2D eigenvalue weighted by molar-refractivity contribution is 0.486. The van der Waals surface area contributed by atoms with E-state index in [1.165, 1.54) is 0 Å². The summed E-state index contributed by atoms with van der Waals surface area (Å²) in [4.78, 5) is 3.97. The Labute approximate surface area is 82.0 Å². The molecule has 2 aromatic heterocycles. The second-order valence-corrected chi connectivity index (χ2v) is 3.63. The Balaban J connectivity index is 2.53. The molecule has 5 heteroatoms. The van der Waals surface area contributed by atoms with Gasteiger partial charge < -0.3 is 5.73 Å². The Kier molecular flexibility index (Phi) is 2.17. The standard InChI is InChI=1S/C9H13N5/c1-6(2)8(10)9-13-12-7-5-11-3-4-14(7)9/h3-6,8H,10H2,1-2H3. The average Bonchev–Trinajstić information content (AvgIpc) is 2.60. The fourth-order valence-corrected chi connectivity index (χ4v) is 1.30. The third-order valence-electron chi connectivity index (χ3n) is 2.26. The molecule has 1 atom stereocenters. The zero-order valence-corrected chi connectivity index (χ0v) is 8.25. The molecule has 14 heavy (non-hydrogen) atoms. The first-order valence-corrected chi connectivity index (χ1v) is 4.60. The van der Waals surface area contributed by atoms with E-state index < -0.39 is 0 Å². The molecule has 0 radical (unpaired) electrons. The predicted molar refractivity (Wildman–Crippen MR) is 52.5 cm³/mol. The van der Waals surface area contributed by atoms with E-state index in [-0.39, 0.29) is 6.04 Å². The van der Waals surface area contributed by atoms with Gasteiger partial charge in [0.05, 0.1) is 12.2 Å². The van der Waals surface area contributed by atoms with Gasteiger partial charge in [0.15, 0.2) is 11.5 Å². The highest BCUT2D eigenvalue weighted by Crippen LogP contribution is 2.16. The molecule has 0 saturated heterocycles. The van der Waals surface area contributed by atoms with E-state index in [1.807, 2.05) is 10.6 Å². The van der Waals surface area contributed by atoms with Crippen molar-refractivity contribution < 1.29 is 0 Å². The lowest BCUT2D eigenvalue weighted by Gasteiger charge is -2.12. The average molecular weight is 191 g/mol. The summed E-state index contributed by atoms with van der Waals surface area (Å²) in [6.07, 6.45) is 5.20. The number of aromatic nitrogens is 4. The van der Waals surface area contributed by atoms with Gasteiger partial charge in [-0.05, 0) is 5.92 Å². The molecule has 2 N–H and O–H groups in total. The van der Waals surface area contributed by atoms with Gasteiger partial charge in [-0.15, -0.1) is 10.2 Å². The smallest absolute Gasteiger partial charge is 0.179 e. The molecule has 2 rings (SSSR count). The van der Waals surface area contributed by atoms with Crippen LogP contribution in [0.15, 0.2) is 18.6 Å². The zero-order valence-electron chi connectivity index (χ0n) is 8.25. The van der Waals surface area contributed by atoms with Crippen LogP contribution in [0.5, 0.6) is 0 Å². The van der Waals surface area contributed by atoms with Crippen molar-refractivity contribution in [2.24, 2.45) is 11.7 Å². The Hall–Kier alpha value is -1.49. The second kappa shape index (κ2) is 3.34. The van der Waals surface area contributed by atoms with Crippen molar-refractivity contribution >= 4 is 5.65 Å². The van der Waals surface area contributed by atoms with Gasteiger partial charge in [0, 0.05) is 12.4 Å². The number of nitrogens with zero attached hydrogens (tertiary/aromatic N) is 4. The molecule has 5 nitrogen and oxygen atoms in total. The van der Waals surface area contributed by atoms with Crippen molar-refractivity contribution in [3.8, 4) is 0 Å². The second-order valence-electron chi connectivity index (χ2n) is 3.63. The summed E-state index contributed by atoms with van der Waals surface area (Å²) in [5.41, 5.74) is 6.74. The van der Waals surface area contributed by atoms with E-state index in [1.54, 1.807) is 12.4 Å². The third-order valence-corrected chi connectivity index (χ3v) is 2.26. The summed E-state index contributed by atoms with van der Waals surface area (Å²) in [5.74, 6) is 1.13. The zero-order chi connectivity index (χ0) is 10.1. The molecule has 0 aromatic carbocycles. The molecular formula is C9H13N5. The van der Waals surface area contributed by atoms with Crippen LogP contribution < -0.4 is 5.73 Å². The molecule has 0 saturated carbocycles. The molecule has 0 spiro atoms. The van der Waals surface area contributed by atoms with Crippen LogP contribution in [0.3, 0.4) is 0 Å². The molecule has 1 unspecified atom stereocenters. The van der Waals surface area contributed by atoms with Gasteiger partial charge in [0.25, 0.3) is 0 Å². The fraction of sp³-hybridized carbons (Fsp3) is 0.444. The van der Waals surface area contributed by atoms with E-state index in [4.69, 9.17) is 5.73 Å². The van der Waals surface area contributed by atoms with E-state index in [2.05, 4.69) is 29.0 Å². The molecule has 2 heterocycles. The number of rotatable bonds is 2. The van der Waals surface area contributed by atoms with Gasteiger partial charge in [-0.2, -0.15) is 0 Å². The Morgan fingerprint density at radius 1 is 1.36 bits per heavy atom. The van der Waals surface area contributed by atoms with Crippen molar-refractivity contribution in [1.82, 2.24) is 19.6 Å². The van der Waals surface area contributed by atoms with Gasteiger partial charge in [-0.25, -0.2) is 0 Å². The molecule has 0 aliphatic carbocycles. The molecular weight excluding hydrogens is 178 g/mol. The maximum Gasteiger partial charge on any atom is 0.179 e. The Morgan fingerprint density at radius 2 is 2.14 bits per heavy atom. The van der Waals surface area contributed by atoms with E-state index in [9.17, 15) is 0 Å². The van der Waals surface area contributed by atoms with Gasteiger partial charge in [-0.1, -0.05) is 13.8 Å². The summed E-state index contributed by atoms with van der Waals surface area (Å²) in [7, 11) is 0. The van der Waals surface area contributed by atoms with Crippen molar-refractivity contribution in [2.45, 2.75) is 19.9 Å². The van der Waals surface area contributed by atoms with E-state index in [0.29, 0.717) is 5.92 Å². The van der Waals surface area contributed by atoms with Gasteiger partial charge in [-0.3, -0.25) is 9.38 Å². The highest BCUT2D eigenvalue weighted by Gasteiger charge is 2.16. The lowest BCUT2D eigenvalue weighted by Crippen LogP contribution is -2.19. The third kappa shape index (κ3) is 1.35. The van der Waals surface area contributed by atoms with Crippen molar-refractivity contribution in [2.75, 3.05) is 0 Å². The summed E-state index contributed by atoms with van der Waals surface area (Å²) in [5, 5.41) is 8.06. The summed E-state index contributed by atoms with van der Waals surface area (Å²) >= 11 is 0. The van der Waals surface area contributed by atoms with Crippen LogP contribution in [-0.4, -0.2) is 19.6 Å². The molecule has 2 aromatic rings. The van der Waals surface area contributed by atoms with E-state index in [0.717, 1.165) is 11.5 Å². The summed E-state index contributed by atoms with van der Waals surface area (Å²) in [6.45, 7) is 4.12. The molecule has 0 amide bonds. The number of hydrogen-bond donors (Lipinski definition) is 1. The van der Waals surface area contributed by atoms with E-state index >= 15 is 0 Å². The monoisotopic (exact) mass is 191 g/mol. The first-order chi connectivity index (χ1) is 6.70. The van der Waals surface area contributed by atoms with Crippen LogP contribution in [0.4, 0.5) is 0 Å². The first-order valence-electron chi connectivity index (χ1n) is 4.60. The number of hydrogen-bond acceptors (Lipinski definition) is 4. The molecule has 74 valence electrons. The number of nitrogens with two attached hydrogens (primary N) is 1. The lowest BCUT2D eigenvalue weighted by atomic mass is 10.1. The molecule has 0 bridgehead atoms. The van der Waals surface area contributed by atoms with Crippen molar-refractivity contribution in [1.29, 1.82) is 0 Å². The van der Waals surface area contributed by atoms with Gasteiger partial charge >= 0.3 is 0 Å². The Morgan fingerprint density at radius 3 is 2.86 bits per heavy atom. The topological polar surface area (TPSA) is 69.1 Å². The summed E-state index contributed by atoms with van der Waals surface area (Å²) in [6, 6.07) is -0.0904. The maximum absolute atomic E-state index is 6.00. The minimum atomic E-state index is -0.0904. The predicted octanol–water partition coefficient (Wildman–Crippen LogP) is 0.780. The summed E-state index contributed by atoms with van der Waals surface area (Å²) < 4.78 is 1.87. The first kappa shape index (κ1) is 9.08. The molecule has 0 aliphatic rings. The van der Waals surface area contributed by atoms with Gasteiger partial charge in [0.1, 0.15) is 0 Å². The van der Waals surface area contributed by atoms with Crippen molar-refractivity contribution in [3.63, 3.8) is 0 Å². The van der Waals surface area contributed by atoms with Crippen LogP contribution in [0.1, 0.15) is 25.7 Å². The highest BCUT2D eigenvalue weighted by molar-refractivity contribution is 5.34. The molecule has 0 fully saturated rings. The van der Waals surface area contributed by atoms with Crippen LogP contribution in [0.2, 0.25) is 0 Å². The van der Waals surface area contributed by atoms with Crippen LogP contribution >= 0.6 is 0 Å². The minimum absolute atomic E-state index is 0.0904. The van der Waals surface area contributed by atoms with Crippen LogP contribution in [-0.2, 0) is 0 Å². The number of fused-ring (bicyclic) bond motifs is 1. The van der Waals surface area contributed by atoms with Crippen LogP contribution in [0, 0.1) is 5.92 Å². The van der Waals surface area contributed by atoms with Crippen LogP contribution in [0.25, 0.3) is 5.65 Å². The minimum Gasteiger partial charge on any atom is -0.321 e. The van der Waals surface area contributed by atoms with Gasteiger partial charge in [0.2, 0.25) is 0 Å². The quantitative estimate of drug-likeness (QED) is 0.761. The molecule has 0 aliphatic heterocycles. The maximum atomic E-state index is 6.00. The Bertz CT molecular complexity index is 433. The SMILES string of the molecule is CC(C)C(N)c1nnc2cnccn12. The normalized spacial score (nSPS) is 13.7. The van der Waals surface area contributed by atoms with Crippen molar-refractivity contribution in [3.05, 3.63) is 24.4 Å². The highest BCUT2D eigenvalue weighted by atomic mass is 15.3. The largest absolute Gasteiger partial charge is 0.321 e. The fourth-order valence-electron chi connectivity index (χ4n) is 1.30.